The predicted octanol–water partition coefficient (Wildman–Crippen LogP) is 5.58. The Bertz CT molecular complexity index is 1200. The van der Waals surface area contributed by atoms with Gasteiger partial charge in [-0.05, 0) is 86.8 Å². The molecule has 0 spiro atoms. The number of likely N-dealkylation sites (tertiary alicyclic amines) is 1. The number of amides is 2. The SMILES string of the molecule is COc1ccc(C2CC(=O)N(C)C2)cc1OC1CCCC1.COc1ccc(C2CNC(=O)C2)cc1OC1CCCC1. The maximum Gasteiger partial charge on any atom is 0.223 e. The summed E-state index contributed by atoms with van der Waals surface area (Å²) in [6, 6.07) is 12.1. The molecule has 2 aliphatic heterocycles. The number of nitrogens with one attached hydrogen (secondary N) is 1. The van der Waals surface area contributed by atoms with Crippen molar-refractivity contribution in [2.45, 2.75) is 88.3 Å². The van der Waals surface area contributed by atoms with Crippen LogP contribution in [0.4, 0.5) is 0 Å². The molecule has 41 heavy (non-hydrogen) atoms. The van der Waals surface area contributed by atoms with Gasteiger partial charge in [0, 0.05) is 44.8 Å². The van der Waals surface area contributed by atoms with E-state index >= 15 is 0 Å². The van der Waals surface area contributed by atoms with Crippen LogP contribution in [0.5, 0.6) is 23.0 Å². The van der Waals surface area contributed by atoms with E-state index in [-0.39, 0.29) is 23.7 Å². The average molecular weight is 565 g/mol. The molecule has 2 unspecified atom stereocenters. The highest BCUT2D eigenvalue weighted by molar-refractivity contribution is 5.80. The number of likely N-dealkylation sites (N-methyl/N-ethyl adjacent to an activating group) is 1. The van der Waals surface area contributed by atoms with Crippen molar-refractivity contribution in [3.8, 4) is 23.0 Å². The summed E-state index contributed by atoms with van der Waals surface area (Å²) in [4.78, 5) is 24.9. The molecule has 4 aliphatic rings. The smallest absolute Gasteiger partial charge is 0.223 e. The molecule has 4 fully saturated rings. The number of carbonyl (C=O) groups is 2. The lowest BCUT2D eigenvalue weighted by Crippen LogP contribution is -2.18. The van der Waals surface area contributed by atoms with E-state index in [4.69, 9.17) is 18.9 Å². The summed E-state index contributed by atoms with van der Waals surface area (Å²) in [6.07, 6.45) is 11.2. The first-order valence-corrected chi connectivity index (χ1v) is 15.1. The Kier molecular flexibility index (Phi) is 9.57. The Hall–Kier alpha value is -3.42. The third kappa shape index (κ3) is 7.27. The Labute approximate surface area is 243 Å². The largest absolute Gasteiger partial charge is 0.493 e. The molecule has 0 radical (unpaired) electrons. The number of hydrogen-bond acceptors (Lipinski definition) is 6. The van der Waals surface area contributed by atoms with Crippen LogP contribution in [0, 0.1) is 0 Å². The predicted molar refractivity (Wildman–Crippen MR) is 157 cm³/mol. The molecule has 0 aromatic heterocycles. The van der Waals surface area contributed by atoms with Gasteiger partial charge in [0.2, 0.25) is 11.8 Å². The minimum atomic E-state index is 0.129. The van der Waals surface area contributed by atoms with E-state index in [1.54, 1.807) is 19.1 Å². The highest BCUT2D eigenvalue weighted by Gasteiger charge is 2.29. The zero-order chi connectivity index (χ0) is 28.8. The summed E-state index contributed by atoms with van der Waals surface area (Å²) in [7, 11) is 5.20. The molecule has 2 aliphatic carbocycles. The number of carbonyl (C=O) groups excluding carboxylic acids is 2. The number of benzene rings is 2. The molecule has 2 aromatic carbocycles. The molecule has 8 heteroatoms. The van der Waals surface area contributed by atoms with Gasteiger partial charge in [0.15, 0.2) is 23.0 Å². The van der Waals surface area contributed by atoms with E-state index in [1.165, 1.54) is 31.2 Å². The monoisotopic (exact) mass is 564 g/mol. The lowest BCUT2D eigenvalue weighted by atomic mass is 9.98. The fraction of sp³-hybridized carbons (Fsp3) is 0.576. The molecular weight excluding hydrogens is 520 g/mol. The Morgan fingerprint density at radius 3 is 1.63 bits per heavy atom. The molecule has 2 atom stereocenters. The van der Waals surface area contributed by atoms with Crippen molar-refractivity contribution >= 4 is 11.8 Å². The van der Waals surface area contributed by atoms with Gasteiger partial charge in [-0.25, -0.2) is 0 Å². The van der Waals surface area contributed by atoms with Crippen LogP contribution in [0.25, 0.3) is 0 Å². The molecular formula is C33H44N2O6. The first kappa shape index (κ1) is 29.1. The van der Waals surface area contributed by atoms with Gasteiger partial charge in [-0.1, -0.05) is 12.1 Å². The molecule has 2 saturated carbocycles. The fourth-order valence-electron chi connectivity index (χ4n) is 6.38. The van der Waals surface area contributed by atoms with Crippen LogP contribution < -0.4 is 24.3 Å². The van der Waals surface area contributed by atoms with Gasteiger partial charge >= 0.3 is 0 Å². The molecule has 2 saturated heterocycles. The second-order valence-corrected chi connectivity index (χ2v) is 11.7. The van der Waals surface area contributed by atoms with E-state index in [0.717, 1.165) is 60.8 Å². The van der Waals surface area contributed by atoms with Crippen LogP contribution in [-0.2, 0) is 9.59 Å². The van der Waals surface area contributed by atoms with E-state index < -0.39 is 0 Å². The third-order valence-electron chi connectivity index (χ3n) is 8.83. The number of methoxy groups -OCH3 is 2. The first-order chi connectivity index (χ1) is 19.9. The Morgan fingerprint density at radius 2 is 1.22 bits per heavy atom. The molecule has 0 bridgehead atoms. The topological polar surface area (TPSA) is 86.3 Å². The number of rotatable bonds is 8. The third-order valence-corrected chi connectivity index (χ3v) is 8.83. The van der Waals surface area contributed by atoms with Gasteiger partial charge < -0.3 is 29.2 Å². The molecule has 2 amide bonds. The lowest BCUT2D eigenvalue weighted by molar-refractivity contribution is -0.126. The summed E-state index contributed by atoms with van der Waals surface area (Å²) in [6.45, 7) is 1.50. The highest BCUT2D eigenvalue weighted by Crippen LogP contribution is 2.37. The fourth-order valence-corrected chi connectivity index (χ4v) is 6.38. The van der Waals surface area contributed by atoms with Gasteiger partial charge in [-0.3, -0.25) is 9.59 Å². The Morgan fingerprint density at radius 1 is 0.707 bits per heavy atom. The van der Waals surface area contributed by atoms with E-state index in [0.29, 0.717) is 31.6 Å². The highest BCUT2D eigenvalue weighted by atomic mass is 16.5. The van der Waals surface area contributed by atoms with Crippen LogP contribution in [0.3, 0.4) is 0 Å². The van der Waals surface area contributed by atoms with Crippen molar-refractivity contribution in [3.63, 3.8) is 0 Å². The van der Waals surface area contributed by atoms with Crippen LogP contribution in [-0.4, -0.2) is 63.3 Å². The van der Waals surface area contributed by atoms with Gasteiger partial charge in [-0.2, -0.15) is 0 Å². The molecule has 2 aromatic rings. The maximum absolute atomic E-state index is 11.7. The number of hydrogen-bond donors (Lipinski definition) is 1. The lowest BCUT2D eigenvalue weighted by Gasteiger charge is -2.18. The van der Waals surface area contributed by atoms with Crippen molar-refractivity contribution in [2.75, 3.05) is 34.4 Å². The molecule has 2 heterocycles. The summed E-state index contributed by atoms with van der Waals surface area (Å²) < 4.78 is 23.0. The average Bonchev–Trinajstić information content (AvgIpc) is 3.80. The zero-order valence-electron chi connectivity index (χ0n) is 24.7. The van der Waals surface area contributed by atoms with Crippen LogP contribution in [0.1, 0.15) is 87.2 Å². The summed E-state index contributed by atoms with van der Waals surface area (Å²) in [5.74, 6) is 4.05. The van der Waals surface area contributed by atoms with Crippen molar-refractivity contribution in [2.24, 2.45) is 0 Å². The van der Waals surface area contributed by atoms with Gasteiger partial charge in [0.05, 0.1) is 26.4 Å². The normalized spacial score (nSPS) is 22.9. The maximum atomic E-state index is 11.7. The van der Waals surface area contributed by atoms with Crippen LogP contribution in [0.2, 0.25) is 0 Å². The van der Waals surface area contributed by atoms with Crippen molar-refractivity contribution < 1.29 is 28.5 Å². The van der Waals surface area contributed by atoms with Gasteiger partial charge in [0.25, 0.3) is 0 Å². The molecule has 1 N–H and O–H groups in total. The van der Waals surface area contributed by atoms with Crippen molar-refractivity contribution in [1.29, 1.82) is 0 Å². The number of nitrogens with zero attached hydrogens (tertiary/aromatic N) is 1. The van der Waals surface area contributed by atoms with Crippen LogP contribution in [0.15, 0.2) is 36.4 Å². The van der Waals surface area contributed by atoms with Crippen molar-refractivity contribution in [1.82, 2.24) is 10.2 Å². The summed E-state index contributed by atoms with van der Waals surface area (Å²) in [5, 5.41) is 2.88. The van der Waals surface area contributed by atoms with Crippen molar-refractivity contribution in [3.05, 3.63) is 47.5 Å². The quantitative estimate of drug-likeness (QED) is 0.450. The standard InChI is InChI=1S/C17H23NO3.C16H21NO3/c1-18-11-13(10-17(18)19)12-7-8-15(20-2)16(9-12)21-14-5-3-4-6-14;1-19-14-7-6-11(12-9-16(18)17-10-12)8-15(14)20-13-4-2-3-5-13/h7-9,13-14H,3-6,10-11H2,1-2H3;6-8,12-13H,2-5,9-10H2,1H3,(H,17,18). The molecule has 6 rings (SSSR count). The van der Waals surface area contributed by atoms with E-state index in [2.05, 4.69) is 17.4 Å². The molecule has 8 nitrogen and oxygen atoms in total. The summed E-state index contributed by atoms with van der Waals surface area (Å²) >= 11 is 0. The zero-order valence-corrected chi connectivity index (χ0v) is 24.7. The van der Waals surface area contributed by atoms with Crippen LogP contribution >= 0.6 is 0 Å². The second kappa shape index (κ2) is 13.5. The van der Waals surface area contributed by atoms with E-state index in [1.807, 2.05) is 31.3 Å². The van der Waals surface area contributed by atoms with E-state index in [9.17, 15) is 9.59 Å². The molecule has 222 valence electrons. The Balaban J connectivity index is 0.000000165. The summed E-state index contributed by atoms with van der Waals surface area (Å²) in [5.41, 5.74) is 2.32. The van der Waals surface area contributed by atoms with Gasteiger partial charge in [-0.15, -0.1) is 0 Å². The number of ether oxygens (including phenoxy) is 4. The first-order valence-electron chi connectivity index (χ1n) is 15.1. The van der Waals surface area contributed by atoms with Gasteiger partial charge in [0.1, 0.15) is 0 Å². The second-order valence-electron chi connectivity index (χ2n) is 11.7. The minimum Gasteiger partial charge on any atom is -0.493 e. The minimum absolute atomic E-state index is 0.129.